The van der Waals surface area contributed by atoms with Crippen LogP contribution in [0.3, 0.4) is 0 Å². The summed E-state index contributed by atoms with van der Waals surface area (Å²) in [5.41, 5.74) is 3.50. The summed E-state index contributed by atoms with van der Waals surface area (Å²) in [7, 11) is 3.59. The first-order valence-corrected chi connectivity index (χ1v) is 12.8. The Labute approximate surface area is 218 Å². The molecule has 0 N–H and O–H groups in total. The number of hydrogen-bond donors (Lipinski definition) is 0. The van der Waals surface area contributed by atoms with Gasteiger partial charge >= 0.3 is 0 Å². The van der Waals surface area contributed by atoms with Crippen LogP contribution in [0.1, 0.15) is 34.7 Å². The number of nitrogens with zero attached hydrogens (tertiary/aromatic N) is 4. The summed E-state index contributed by atoms with van der Waals surface area (Å²) in [5, 5.41) is 0. The smallest absolute Gasteiger partial charge is 0.289 e. The van der Waals surface area contributed by atoms with Gasteiger partial charge in [-0.1, -0.05) is 12.1 Å². The first-order chi connectivity index (χ1) is 18.1. The highest BCUT2D eigenvalue weighted by Crippen LogP contribution is 2.29. The van der Waals surface area contributed by atoms with Crippen LogP contribution in [0.4, 0.5) is 0 Å². The topological polar surface area (TPSA) is 63.7 Å². The van der Waals surface area contributed by atoms with E-state index in [1.54, 1.807) is 31.7 Å². The Hall–Kier alpha value is -3.84. The van der Waals surface area contributed by atoms with Crippen molar-refractivity contribution in [1.82, 2.24) is 19.4 Å². The number of carbonyl (C=O) groups is 1. The minimum absolute atomic E-state index is 0.0612. The molecular weight excluding hydrogens is 464 g/mol. The summed E-state index contributed by atoms with van der Waals surface area (Å²) < 4.78 is 13.1. The van der Waals surface area contributed by atoms with E-state index in [1.165, 1.54) is 11.3 Å². The SMILES string of the molecule is COc1cccc(CC(C2CCN(Cc3cccn3-c3cccnc3)CC2)N(C)C(=O)c2ccco2)c1. The van der Waals surface area contributed by atoms with Crippen molar-refractivity contribution in [1.29, 1.82) is 0 Å². The minimum Gasteiger partial charge on any atom is -0.497 e. The zero-order chi connectivity index (χ0) is 25.6. The van der Waals surface area contributed by atoms with E-state index in [4.69, 9.17) is 9.15 Å². The third-order valence-electron chi connectivity index (χ3n) is 7.45. The maximum atomic E-state index is 13.2. The van der Waals surface area contributed by atoms with Crippen LogP contribution < -0.4 is 4.74 Å². The maximum Gasteiger partial charge on any atom is 0.289 e. The van der Waals surface area contributed by atoms with E-state index in [1.807, 2.05) is 36.3 Å². The van der Waals surface area contributed by atoms with Crippen molar-refractivity contribution in [2.75, 3.05) is 27.2 Å². The Morgan fingerprint density at radius 2 is 2.00 bits per heavy atom. The molecule has 0 saturated carbocycles. The van der Waals surface area contributed by atoms with Crippen LogP contribution >= 0.6 is 0 Å². The van der Waals surface area contributed by atoms with Crippen LogP contribution in [0.2, 0.25) is 0 Å². The molecule has 4 heterocycles. The molecule has 192 valence electrons. The summed E-state index contributed by atoms with van der Waals surface area (Å²) in [6, 6.07) is 20.0. The molecule has 4 aromatic rings. The molecule has 1 aliphatic rings. The van der Waals surface area contributed by atoms with Gasteiger partial charge in [-0.2, -0.15) is 0 Å². The van der Waals surface area contributed by atoms with E-state index in [-0.39, 0.29) is 11.9 Å². The third kappa shape index (κ3) is 5.78. The van der Waals surface area contributed by atoms with Gasteiger partial charge in [-0.3, -0.25) is 14.7 Å². The minimum atomic E-state index is -0.0744. The molecule has 3 aromatic heterocycles. The van der Waals surface area contributed by atoms with Crippen LogP contribution in [-0.4, -0.2) is 58.5 Å². The Morgan fingerprint density at radius 3 is 2.73 bits per heavy atom. The van der Waals surface area contributed by atoms with E-state index < -0.39 is 0 Å². The van der Waals surface area contributed by atoms with Gasteiger partial charge in [0.1, 0.15) is 5.75 Å². The number of aromatic nitrogens is 2. The molecule has 1 fully saturated rings. The van der Waals surface area contributed by atoms with Gasteiger partial charge in [-0.05, 0) is 92.4 Å². The lowest BCUT2D eigenvalue weighted by atomic mass is 9.84. The number of furan rings is 1. The molecule has 5 rings (SSSR count). The first-order valence-electron chi connectivity index (χ1n) is 12.8. The lowest BCUT2D eigenvalue weighted by Gasteiger charge is -2.40. The quantitative estimate of drug-likeness (QED) is 0.322. The molecular formula is C30H34N4O3. The van der Waals surface area contributed by atoms with Crippen molar-refractivity contribution in [3.8, 4) is 11.4 Å². The van der Waals surface area contributed by atoms with Crippen molar-refractivity contribution < 1.29 is 13.9 Å². The molecule has 1 atom stereocenters. The van der Waals surface area contributed by atoms with Gasteiger partial charge in [0.25, 0.3) is 5.91 Å². The number of methoxy groups -OCH3 is 1. The molecule has 1 aliphatic heterocycles. The van der Waals surface area contributed by atoms with E-state index in [0.717, 1.165) is 50.3 Å². The number of carbonyl (C=O) groups excluding carboxylic acids is 1. The van der Waals surface area contributed by atoms with Gasteiger partial charge in [0.15, 0.2) is 5.76 Å². The maximum absolute atomic E-state index is 13.2. The van der Waals surface area contributed by atoms with Gasteiger partial charge in [0.05, 0.1) is 25.3 Å². The molecule has 1 amide bonds. The Morgan fingerprint density at radius 1 is 1.14 bits per heavy atom. The molecule has 0 aliphatic carbocycles. The van der Waals surface area contributed by atoms with Crippen LogP contribution in [0.25, 0.3) is 5.69 Å². The predicted octanol–water partition coefficient (Wildman–Crippen LogP) is 5.07. The first kappa shape index (κ1) is 24.8. The summed E-state index contributed by atoms with van der Waals surface area (Å²) in [6.07, 6.45) is 10.2. The van der Waals surface area contributed by atoms with Gasteiger partial charge in [-0.25, -0.2) is 0 Å². The van der Waals surface area contributed by atoms with Crippen LogP contribution in [-0.2, 0) is 13.0 Å². The fourth-order valence-electron chi connectivity index (χ4n) is 5.40. The van der Waals surface area contributed by atoms with Crippen molar-refractivity contribution in [2.45, 2.75) is 31.8 Å². The average molecular weight is 499 g/mol. The van der Waals surface area contributed by atoms with Gasteiger partial charge in [0, 0.05) is 37.7 Å². The normalized spacial score (nSPS) is 15.4. The monoisotopic (exact) mass is 498 g/mol. The number of likely N-dealkylation sites (tertiary alicyclic amines) is 1. The molecule has 7 heteroatoms. The fourth-order valence-corrected chi connectivity index (χ4v) is 5.40. The largest absolute Gasteiger partial charge is 0.497 e. The van der Waals surface area contributed by atoms with Crippen LogP contribution in [0.5, 0.6) is 5.75 Å². The van der Waals surface area contributed by atoms with Gasteiger partial charge < -0.3 is 18.6 Å². The molecule has 1 saturated heterocycles. The molecule has 0 spiro atoms. The number of rotatable bonds is 9. The number of piperidine rings is 1. The molecule has 0 bridgehead atoms. The van der Waals surface area contributed by atoms with E-state index >= 15 is 0 Å². The highest BCUT2D eigenvalue weighted by molar-refractivity contribution is 5.91. The van der Waals surface area contributed by atoms with Crippen LogP contribution in [0, 0.1) is 5.92 Å². The second kappa shape index (κ2) is 11.5. The molecule has 1 unspecified atom stereocenters. The number of likely N-dealkylation sites (N-methyl/N-ethyl adjacent to an activating group) is 1. The molecule has 0 radical (unpaired) electrons. The van der Waals surface area contributed by atoms with Crippen LogP contribution in [0.15, 0.2) is 89.9 Å². The third-order valence-corrected chi connectivity index (χ3v) is 7.45. The highest BCUT2D eigenvalue weighted by Gasteiger charge is 2.33. The summed E-state index contributed by atoms with van der Waals surface area (Å²) in [4.78, 5) is 21.9. The predicted molar refractivity (Wildman–Crippen MR) is 143 cm³/mol. The average Bonchev–Trinajstić information content (AvgIpc) is 3.65. The number of amides is 1. The van der Waals surface area contributed by atoms with E-state index in [2.05, 4.69) is 51.0 Å². The number of hydrogen-bond acceptors (Lipinski definition) is 5. The Balaban J connectivity index is 1.29. The lowest BCUT2D eigenvalue weighted by Crippen LogP contribution is -2.47. The molecule has 1 aromatic carbocycles. The summed E-state index contributed by atoms with van der Waals surface area (Å²) in [6.45, 7) is 2.86. The molecule has 37 heavy (non-hydrogen) atoms. The Bertz CT molecular complexity index is 1280. The zero-order valence-electron chi connectivity index (χ0n) is 21.5. The highest BCUT2D eigenvalue weighted by atomic mass is 16.5. The fraction of sp³-hybridized carbons (Fsp3) is 0.333. The van der Waals surface area contributed by atoms with Crippen molar-refractivity contribution in [3.05, 3.63) is 103 Å². The van der Waals surface area contributed by atoms with Gasteiger partial charge in [-0.15, -0.1) is 0 Å². The molecule has 7 nitrogen and oxygen atoms in total. The lowest BCUT2D eigenvalue weighted by molar-refractivity contribution is 0.0555. The number of ether oxygens (including phenoxy) is 1. The van der Waals surface area contributed by atoms with E-state index in [9.17, 15) is 4.79 Å². The van der Waals surface area contributed by atoms with Crippen molar-refractivity contribution in [2.24, 2.45) is 5.92 Å². The van der Waals surface area contributed by atoms with Crippen molar-refractivity contribution in [3.63, 3.8) is 0 Å². The number of pyridine rings is 1. The zero-order valence-corrected chi connectivity index (χ0v) is 21.5. The summed E-state index contributed by atoms with van der Waals surface area (Å²) in [5.74, 6) is 1.53. The van der Waals surface area contributed by atoms with Crippen molar-refractivity contribution >= 4 is 5.91 Å². The Kier molecular flexibility index (Phi) is 7.70. The van der Waals surface area contributed by atoms with Gasteiger partial charge in [0.2, 0.25) is 0 Å². The second-order valence-electron chi connectivity index (χ2n) is 9.71. The number of benzene rings is 1. The standard InChI is InChI=1S/C30H34N4O3/c1-32(30(35)29-11-6-18-37-29)28(20-23-7-3-10-27(19-23)36-2)24-12-16-33(17-13-24)22-26-9-5-15-34(26)25-8-4-14-31-21-25/h3-11,14-15,18-19,21,24,28H,12-13,16-17,20,22H2,1-2H3. The summed E-state index contributed by atoms with van der Waals surface area (Å²) >= 11 is 0. The second-order valence-corrected chi connectivity index (χ2v) is 9.71. The van der Waals surface area contributed by atoms with E-state index in [0.29, 0.717) is 11.7 Å².